The Balaban J connectivity index is 2.27. The molecule has 0 saturated carbocycles. The van der Waals surface area contributed by atoms with E-state index in [1.807, 2.05) is 7.05 Å². The molecular formula is C19H41N5O. The van der Waals surface area contributed by atoms with Gasteiger partial charge in [0, 0.05) is 39.3 Å². The Morgan fingerprint density at radius 3 is 2.76 bits per heavy atom. The summed E-state index contributed by atoms with van der Waals surface area (Å²) < 4.78 is 5.22. The lowest BCUT2D eigenvalue weighted by atomic mass is 10.2. The summed E-state index contributed by atoms with van der Waals surface area (Å²) in [6.07, 6.45) is 4.93. The summed E-state index contributed by atoms with van der Waals surface area (Å²) in [6, 6.07) is 1.03. The van der Waals surface area contributed by atoms with Gasteiger partial charge in [0.15, 0.2) is 5.96 Å². The normalized spacial score (nSPS) is 20.2. The molecule has 0 aromatic rings. The highest BCUT2D eigenvalue weighted by Gasteiger charge is 2.24. The maximum absolute atomic E-state index is 5.22. The van der Waals surface area contributed by atoms with E-state index in [1.165, 1.54) is 38.8 Å². The summed E-state index contributed by atoms with van der Waals surface area (Å²) in [5, 5.41) is 7.05. The van der Waals surface area contributed by atoms with E-state index >= 15 is 0 Å². The molecule has 1 aliphatic rings. The lowest BCUT2D eigenvalue weighted by Crippen LogP contribution is -2.47. The van der Waals surface area contributed by atoms with Crippen LogP contribution < -0.4 is 10.6 Å². The molecule has 0 spiro atoms. The van der Waals surface area contributed by atoms with Crippen molar-refractivity contribution in [2.75, 3.05) is 60.0 Å². The van der Waals surface area contributed by atoms with Gasteiger partial charge in [-0.2, -0.15) is 0 Å². The Morgan fingerprint density at radius 1 is 1.36 bits per heavy atom. The third kappa shape index (κ3) is 8.88. The number of likely N-dealkylation sites (tertiary alicyclic amines) is 1. The monoisotopic (exact) mass is 355 g/mol. The largest absolute Gasteiger partial charge is 0.383 e. The maximum Gasteiger partial charge on any atom is 0.191 e. The number of guanidine groups is 1. The number of rotatable bonds is 12. The summed E-state index contributed by atoms with van der Waals surface area (Å²) in [5.74, 6) is 0.925. The SMILES string of the molecule is CCN(CC)CCCC(C)NC(=NC)NCC1CCCN1CCOC. The molecule has 6 nitrogen and oxygen atoms in total. The van der Waals surface area contributed by atoms with Crippen LogP contribution in [0, 0.1) is 0 Å². The molecule has 0 aromatic carbocycles. The smallest absolute Gasteiger partial charge is 0.191 e. The van der Waals surface area contributed by atoms with Crippen LogP contribution in [0.1, 0.15) is 46.5 Å². The first-order valence-electron chi connectivity index (χ1n) is 10.1. The van der Waals surface area contributed by atoms with Gasteiger partial charge in [-0.3, -0.25) is 9.89 Å². The number of hydrogen-bond acceptors (Lipinski definition) is 4. The minimum atomic E-state index is 0.440. The standard InChI is InChI=1S/C19H41N5O/c1-6-23(7-2)12-8-10-17(3)22-19(20-4)21-16-18-11-9-13-24(18)14-15-25-5/h17-18H,6-16H2,1-5H3,(H2,20,21,22). The molecule has 25 heavy (non-hydrogen) atoms. The molecule has 1 saturated heterocycles. The van der Waals surface area contributed by atoms with Crippen LogP contribution >= 0.6 is 0 Å². The van der Waals surface area contributed by atoms with Crippen molar-refractivity contribution in [2.24, 2.45) is 4.99 Å². The molecule has 2 atom stereocenters. The van der Waals surface area contributed by atoms with Gasteiger partial charge in [-0.1, -0.05) is 13.8 Å². The fraction of sp³-hybridized carbons (Fsp3) is 0.947. The zero-order valence-electron chi connectivity index (χ0n) is 17.2. The second-order valence-electron chi connectivity index (χ2n) is 6.99. The summed E-state index contributed by atoms with van der Waals surface area (Å²) in [5.41, 5.74) is 0. The van der Waals surface area contributed by atoms with E-state index in [1.54, 1.807) is 7.11 Å². The van der Waals surface area contributed by atoms with Crippen LogP contribution in [0.3, 0.4) is 0 Å². The van der Waals surface area contributed by atoms with Gasteiger partial charge >= 0.3 is 0 Å². The minimum Gasteiger partial charge on any atom is -0.383 e. The quantitative estimate of drug-likeness (QED) is 0.413. The first kappa shape index (κ1) is 22.2. The van der Waals surface area contributed by atoms with Crippen molar-refractivity contribution in [1.29, 1.82) is 0 Å². The van der Waals surface area contributed by atoms with E-state index in [0.717, 1.165) is 38.7 Å². The zero-order chi connectivity index (χ0) is 18.5. The van der Waals surface area contributed by atoms with E-state index < -0.39 is 0 Å². The second-order valence-corrected chi connectivity index (χ2v) is 6.99. The van der Waals surface area contributed by atoms with Crippen molar-refractivity contribution >= 4 is 5.96 Å². The molecule has 1 heterocycles. The first-order valence-corrected chi connectivity index (χ1v) is 10.1. The van der Waals surface area contributed by atoms with E-state index in [4.69, 9.17) is 4.74 Å². The summed E-state index contributed by atoms with van der Waals surface area (Å²) in [4.78, 5) is 9.40. The topological polar surface area (TPSA) is 52.1 Å². The lowest BCUT2D eigenvalue weighted by molar-refractivity contribution is 0.141. The van der Waals surface area contributed by atoms with Gasteiger partial charge in [-0.15, -0.1) is 0 Å². The predicted molar refractivity (Wildman–Crippen MR) is 107 cm³/mol. The maximum atomic E-state index is 5.22. The van der Waals surface area contributed by atoms with Crippen LogP contribution in [0.15, 0.2) is 4.99 Å². The van der Waals surface area contributed by atoms with Crippen molar-refractivity contribution in [3.63, 3.8) is 0 Å². The van der Waals surface area contributed by atoms with Gasteiger partial charge in [0.05, 0.1) is 6.61 Å². The van der Waals surface area contributed by atoms with Crippen LogP contribution in [0.5, 0.6) is 0 Å². The number of aliphatic imine (C=N–C) groups is 1. The van der Waals surface area contributed by atoms with E-state index in [0.29, 0.717) is 12.1 Å². The Bertz CT molecular complexity index is 360. The summed E-state index contributed by atoms with van der Waals surface area (Å²) in [6.45, 7) is 14.1. The molecule has 1 fully saturated rings. The molecule has 148 valence electrons. The third-order valence-electron chi connectivity index (χ3n) is 5.20. The van der Waals surface area contributed by atoms with Crippen LogP contribution in [-0.4, -0.2) is 87.9 Å². The average Bonchev–Trinajstić information content (AvgIpc) is 3.07. The number of nitrogens with zero attached hydrogens (tertiary/aromatic N) is 3. The minimum absolute atomic E-state index is 0.440. The van der Waals surface area contributed by atoms with Gasteiger partial charge in [0.2, 0.25) is 0 Å². The van der Waals surface area contributed by atoms with Crippen molar-refractivity contribution in [2.45, 2.75) is 58.5 Å². The fourth-order valence-corrected chi connectivity index (χ4v) is 3.50. The van der Waals surface area contributed by atoms with Crippen molar-refractivity contribution in [1.82, 2.24) is 20.4 Å². The molecule has 2 unspecified atom stereocenters. The highest BCUT2D eigenvalue weighted by atomic mass is 16.5. The highest BCUT2D eigenvalue weighted by Crippen LogP contribution is 2.15. The van der Waals surface area contributed by atoms with Gasteiger partial charge < -0.3 is 20.3 Å². The van der Waals surface area contributed by atoms with Gasteiger partial charge in [-0.05, 0) is 58.8 Å². The molecule has 0 amide bonds. The fourth-order valence-electron chi connectivity index (χ4n) is 3.50. The third-order valence-corrected chi connectivity index (χ3v) is 5.20. The molecule has 6 heteroatoms. The second kappa shape index (κ2) is 13.4. The van der Waals surface area contributed by atoms with Crippen molar-refractivity contribution < 1.29 is 4.74 Å². The Kier molecular flexibility index (Phi) is 11.9. The predicted octanol–water partition coefficient (Wildman–Crippen LogP) is 1.77. The van der Waals surface area contributed by atoms with Crippen LogP contribution in [0.25, 0.3) is 0 Å². The van der Waals surface area contributed by atoms with Crippen molar-refractivity contribution in [3.05, 3.63) is 0 Å². The average molecular weight is 356 g/mol. The van der Waals surface area contributed by atoms with Gasteiger partial charge in [0.25, 0.3) is 0 Å². The molecular weight excluding hydrogens is 314 g/mol. The number of methoxy groups -OCH3 is 1. The number of nitrogens with one attached hydrogen (secondary N) is 2. The van der Waals surface area contributed by atoms with Crippen LogP contribution in [-0.2, 0) is 4.74 Å². The Morgan fingerprint density at radius 2 is 2.12 bits per heavy atom. The first-order chi connectivity index (χ1) is 12.1. The summed E-state index contributed by atoms with van der Waals surface area (Å²) in [7, 11) is 3.63. The number of ether oxygens (including phenoxy) is 1. The van der Waals surface area contributed by atoms with Gasteiger partial charge in [-0.25, -0.2) is 0 Å². The molecule has 1 rings (SSSR count). The van der Waals surface area contributed by atoms with Crippen molar-refractivity contribution in [3.8, 4) is 0 Å². The van der Waals surface area contributed by atoms with Crippen LogP contribution in [0.4, 0.5) is 0 Å². The molecule has 0 aromatic heterocycles. The lowest BCUT2D eigenvalue weighted by Gasteiger charge is -2.26. The highest BCUT2D eigenvalue weighted by molar-refractivity contribution is 5.79. The van der Waals surface area contributed by atoms with E-state index in [-0.39, 0.29) is 0 Å². The Hall–Kier alpha value is -0.850. The van der Waals surface area contributed by atoms with E-state index in [2.05, 4.69) is 46.2 Å². The molecule has 0 bridgehead atoms. The Labute approximate surface area is 155 Å². The van der Waals surface area contributed by atoms with Gasteiger partial charge in [0.1, 0.15) is 0 Å². The summed E-state index contributed by atoms with van der Waals surface area (Å²) >= 11 is 0. The zero-order valence-corrected chi connectivity index (χ0v) is 17.2. The molecule has 0 aliphatic carbocycles. The number of hydrogen-bond donors (Lipinski definition) is 2. The molecule has 1 aliphatic heterocycles. The molecule has 2 N–H and O–H groups in total. The van der Waals surface area contributed by atoms with Crippen LogP contribution in [0.2, 0.25) is 0 Å². The van der Waals surface area contributed by atoms with E-state index in [9.17, 15) is 0 Å². The molecule has 0 radical (unpaired) electrons.